The molecule has 1 aliphatic rings. The van der Waals surface area contributed by atoms with Crippen LogP contribution in [0.4, 0.5) is 0 Å². The van der Waals surface area contributed by atoms with Crippen LogP contribution in [0.15, 0.2) is 29.1 Å². The van der Waals surface area contributed by atoms with Crippen LogP contribution in [0.1, 0.15) is 48.0 Å². The van der Waals surface area contributed by atoms with E-state index < -0.39 is 6.10 Å². The number of H-pyrrole nitrogens is 1. The zero-order valence-corrected chi connectivity index (χ0v) is 16.9. The minimum atomic E-state index is -0.536. The Morgan fingerprint density at radius 3 is 3.04 bits per heavy atom. The highest BCUT2D eigenvalue weighted by Crippen LogP contribution is 2.15. The second-order valence-corrected chi connectivity index (χ2v) is 7.67. The molecular weight excluding hydrogens is 354 g/mol. The van der Waals surface area contributed by atoms with Crippen LogP contribution in [0.2, 0.25) is 0 Å². The zero-order valence-electron chi connectivity index (χ0n) is 16.9. The molecule has 0 amide bonds. The quantitative estimate of drug-likeness (QED) is 0.647. The number of β-amino-alcohol motifs (C(OH)–C–C–N with tert-alkyl or cyclic N) is 1. The maximum Gasteiger partial charge on any atom is 0.255 e. The van der Waals surface area contributed by atoms with Crippen LogP contribution < -0.4 is 5.56 Å². The van der Waals surface area contributed by atoms with Gasteiger partial charge in [-0.2, -0.15) is 0 Å². The Kier molecular flexibility index (Phi) is 7.36. The van der Waals surface area contributed by atoms with Crippen LogP contribution in [-0.4, -0.2) is 52.4 Å². The van der Waals surface area contributed by atoms with E-state index in [9.17, 15) is 9.90 Å². The number of hydrogen-bond donors (Lipinski definition) is 2. The fourth-order valence-electron chi connectivity index (χ4n) is 3.60. The molecule has 0 spiro atoms. The predicted molar refractivity (Wildman–Crippen MR) is 110 cm³/mol. The third kappa shape index (κ3) is 5.74. The van der Waals surface area contributed by atoms with Crippen molar-refractivity contribution in [3.8, 4) is 0 Å². The number of aromatic nitrogens is 2. The van der Waals surface area contributed by atoms with Gasteiger partial charge in [0.1, 0.15) is 5.82 Å². The van der Waals surface area contributed by atoms with Crippen molar-refractivity contribution >= 4 is 0 Å². The van der Waals surface area contributed by atoms with E-state index in [1.54, 1.807) is 0 Å². The van der Waals surface area contributed by atoms with Crippen molar-refractivity contribution in [2.24, 2.45) is 0 Å². The molecule has 28 heavy (non-hydrogen) atoms. The van der Waals surface area contributed by atoms with Gasteiger partial charge in [-0.05, 0) is 18.9 Å². The van der Waals surface area contributed by atoms with E-state index in [0.717, 1.165) is 42.6 Å². The third-order valence-electron chi connectivity index (χ3n) is 5.07. The molecule has 1 aromatic heterocycles. The molecule has 152 valence electrons. The fourth-order valence-corrected chi connectivity index (χ4v) is 3.60. The van der Waals surface area contributed by atoms with E-state index >= 15 is 0 Å². The molecule has 0 aliphatic carbocycles. The minimum absolute atomic E-state index is 0.0639. The number of nitrogens with one attached hydrogen (secondary N) is 1. The smallest absolute Gasteiger partial charge is 0.255 e. The van der Waals surface area contributed by atoms with E-state index in [0.29, 0.717) is 38.5 Å². The summed E-state index contributed by atoms with van der Waals surface area (Å²) in [4.78, 5) is 22.4. The lowest BCUT2D eigenvalue weighted by Crippen LogP contribution is -2.41. The van der Waals surface area contributed by atoms with Crippen LogP contribution in [-0.2, 0) is 24.1 Å². The summed E-state index contributed by atoms with van der Waals surface area (Å²) in [5.41, 5.74) is 3.89. The molecule has 0 saturated heterocycles. The fraction of sp³-hybridized carbons (Fsp3) is 0.545. The maximum atomic E-state index is 12.6. The van der Waals surface area contributed by atoms with Crippen molar-refractivity contribution in [3.05, 3.63) is 62.8 Å². The van der Waals surface area contributed by atoms with E-state index in [1.165, 1.54) is 5.56 Å². The van der Waals surface area contributed by atoms with Crippen molar-refractivity contribution in [2.45, 2.75) is 52.2 Å². The normalized spacial score (nSPS) is 15.4. The van der Waals surface area contributed by atoms with Gasteiger partial charge < -0.3 is 14.8 Å². The van der Waals surface area contributed by atoms with Crippen LogP contribution in [0.25, 0.3) is 0 Å². The minimum Gasteiger partial charge on any atom is -0.389 e. The van der Waals surface area contributed by atoms with Crippen LogP contribution in [0.3, 0.4) is 0 Å². The van der Waals surface area contributed by atoms with Crippen LogP contribution in [0, 0.1) is 6.92 Å². The molecule has 0 radical (unpaired) electrons. The SMILES string of the molecule is CCCCOCC(O)CN1CCc2nc(Cc3cccc(C)c3)[nH]c(=O)c2C1. The monoisotopic (exact) mass is 385 g/mol. The lowest BCUT2D eigenvalue weighted by molar-refractivity contribution is 0.0133. The highest BCUT2D eigenvalue weighted by atomic mass is 16.5. The van der Waals surface area contributed by atoms with E-state index in [4.69, 9.17) is 9.72 Å². The summed E-state index contributed by atoms with van der Waals surface area (Å²) < 4.78 is 5.49. The first-order valence-corrected chi connectivity index (χ1v) is 10.2. The summed E-state index contributed by atoms with van der Waals surface area (Å²) in [7, 11) is 0. The molecule has 3 rings (SSSR count). The average Bonchev–Trinajstić information content (AvgIpc) is 2.66. The van der Waals surface area contributed by atoms with E-state index in [1.807, 2.05) is 6.07 Å². The topological polar surface area (TPSA) is 78.5 Å². The molecule has 0 saturated carbocycles. The number of aliphatic hydroxyl groups excluding tert-OH is 1. The first kappa shape index (κ1) is 20.7. The van der Waals surface area contributed by atoms with Gasteiger partial charge in [0.15, 0.2) is 0 Å². The first-order valence-electron chi connectivity index (χ1n) is 10.2. The van der Waals surface area contributed by atoms with Gasteiger partial charge >= 0.3 is 0 Å². The van der Waals surface area contributed by atoms with Crippen molar-refractivity contribution in [1.82, 2.24) is 14.9 Å². The van der Waals surface area contributed by atoms with Gasteiger partial charge in [-0.1, -0.05) is 43.2 Å². The third-order valence-corrected chi connectivity index (χ3v) is 5.07. The van der Waals surface area contributed by atoms with Gasteiger partial charge in [0.25, 0.3) is 5.56 Å². The molecule has 6 nitrogen and oxygen atoms in total. The molecule has 0 bridgehead atoms. The standard InChI is InChI=1S/C22H31N3O3/c1-3-4-10-28-15-18(26)13-25-9-8-20-19(14-25)22(27)24-21(23-20)12-17-7-5-6-16(2)11-17/h5-7,11,18,26H,3-4,8-10,12-15H2,1-2H3,(H,23,24,27). The van der Waals surface area contributed by atoms with Gasteiger partial charge in [-0.15, -0.1) is 0 Å². The lowest BCUT2D eigenvalue weighted by Gasteiger charge is -2.29. The van der Waals surface area contributed by atoms with E-state index in [2.05, 4.69) is 41.9 Å². The molecule has 2 N–H and O–H groups in total. The molecule has 1 aliphatic heterocycles. The number of hydrogen-bond acceptors (Lipinski definition) is 5. The number of aryl methyl sites for hydroxylation is 1. The Morgan fingerprint density at radius 1 is 1.39 bits per heavy atom. The Bertz CT molecular complexity index is 834. The molecular formula is C22H31N3O3. The molecule has 1 aromatic carbocycles. The molecule has 1 unspecified atom stereocenters. The largest absolute Gasteiger partial charge is 0.389 e. The number of benzene rings is 1. The van der Waals surface area contributed by atoms with Gasteiger partial charge in [-0.25, -0.2) is 4.98 Å². The summed E-state index contributed by atoms with van der Waals surface area (Å²) in [6.45, 7) is 7.02. The molecule has 1 atom stereocenters. The summed E-state index contributed by atoms with van der Waals surface area (Å²) >= 11 is 0. The highest BCUT2D eigenvalue weighted by Gasteiger charge is 2.23. The average molecular weight is 386 g/mol. The zero-order chi connectivity index (χ0) is 19.9. The molecule has 6 heteroatoms. The van der Waals surface area contributed by atoms with E-state index in [-0.39, 0.29) is 5.56 Å². The van der Waals surface area contributed by atoms with Gasteiger partial charge in [0.2, 0.25) is 0 Å². The second-order valence-electron chi connectivity index (χ2n) is 7.67. The number of aromatic amines is 1. The highest BCUT2D eigenvalue weighted by molar-refractivity contribution is 5.27. The molecule has 0 fully saturated rings. The summed E-state index contributed by atoms with van der Waals surface area (Å²) in [6, 6.07) is 8.25. The maximum absolute atomic E-state index is 12.6. The summed E-state index contributed by atoms with van der Waals surface area (Å²) in [6.07, 6.45) is 2.91. The number of rotatable bonds is 9. The number of fused-ring (bicyclic) bond motifs is 1. The second kappa shape index (κ2) is 9.96. The number of ether oxygens (including phenoxy) is 1. The Balaban J connectivity index is 1.60. The Labute approximate surface area is 166 Å². The van der Waals surface area contributed by atoms with Crippen LogP contribution in [0.5, 0.6) is 0 Å². The number of aliphatic hydroxyl groups is 1. The number of unbranched alkanes of at least 4 members (excludes halogenated alkanes) is 1. The molecule has 2 aromatic rings. The first-order chi connectivity index (χ1) is 13.5. The van der Waals surface area contributed by atoms with Crippen LogP contribution >= 0.6 is 0 Å². The Hall–Kier alpha value is -2.02. The summed E-state index contributed by atoms with van der Waals surface area (Å²) in [5.74, 6) is 0.715. The van der Waals surface area contributed by atoms with Crippen molar-refractivity contribution in [1.29, 1.82) is 0 Å². The lowest BCUT2D eigenvalue weighted by atomic mass is 10.1. The number of nitrogens with zero attached hydrogens (tertiary/aromatic N) is 2. The van der Waals surface area contributed by atoms with Gasteiger partial charge in [-0.3, -0.25) is 9.69 Å². The molecule has 2 heterocycles. The summed E-state index contributed by atoms with van der Waals surface area (Å²) in [5, 5.41) is 10.2. The van der Waals surface area contributed by atoms with Gasteiger partial charge in [0.05, 0.1) is 24.0 Å². The predicted octanol–water partition coefficient (Wildman–Crippen LogP) is 2.20. The Morgan fingerprint density at radius 2 is 2.25 bits per heavy atom. The van der Waals surface area contributed by atoms with Crippen molar-refractivity contribution in [3.63, 3.8) is 0 Å². The van der Waals surface area contributed by atoms with Crippen molar-refractivity contribution < 1.29 is 9.84 Å². The van der Waals surface area contributed by atoms with Crippen molar-refractivity contribution in [2.75, 3.05) is 26.3 Å². The van der Waals surface area contributed by atoms with Gasteiger partial charge in [0, 0.05) is 39.1 Å².